The molecular formula is C11H10F5NO2. The van der Waals surface area contributed by atoms with Crippen LogP contribution in [0.3, 0.4) is 0 Å². The molecule has 106 valence electrons. The molecule has 0 aromatic heterocycles. The molecule has 1 rings (SSSR count). The van der Waals surface area contributed by atoms with E-state index in [0.29, 0.717) is 12.1 Å². The molecular weight excluding hydrogens is 273 g/mol. The fourth-order valence-electron chi connectivity index (χ4n) is 1.52. The lowest BCUT2D eigenvalue weighted by Crippen LogP contribution is -2.26. The van der Waals surface area contributed by atoms with Crippen molar-refractivity contribution < 1.29 is 31.9 Å². The van der Waals surface area contributed by atoms with Crippen LogP contribution in [-0.4, -0.2) is 31.1 Å². The Morgan fingerprint density at radius 2 is 1.95 bits per heavy atom. The summed E-state index contributed by atoms with van der Waals surface area (Å²) >= 11 is 0. The van der Waals surface area contributed by atoms with Crippen molar-refractivity contribution in [2.45, 2.75) is 12.6 Å². The summed E-state index contributed by atoms with van der Waals surface area (Å²) in [5, 5.41) is 8.86. The van der Waals surface area contributed by atoms with Gasteiger partial charge in [0.05, 0.1) is 23.4 Å². The van der Waals surface area contributed by atoms with Gasteiger partial charge in [-0.15, -0.1) is 0 Å². The van der Waals surface area contributed by atoms with Crippen molar-refractivity contribution in [2.24, 2.45) is 0 Å². The number of nitrogens with zero attached hydrogens (tertiary/aromatic N) is 1. The van der Waals surface area contributed by atoms with Gasteiger partial charge in [0, 0.05) is 7.05 Å². The van der Waals surface area contributed by atoms with Crippen LogP contribution < -0.4 is 4.90 Å². The van der Waals surface area contributed by atoms with Crippen LogP contribution in [0, 0.1) is 0 Å². The third-order valence-corrected chi connectivity index (χ3v) is 2.38. The first-order valence-corrected chi connectivity index (χ1v) is 5.06. The highest BCUT2D eigenvalue weighted by molar-refractivity contribution is 5.94. The van der Waals surface area contributed by atoms with Gasteiger partial charge < -0.3 is 10.0 Å². The lowest BCUT2D eigenvalue weighted by molar-refractivity contribution is -0.137. The first-order chi connectivity index (χ1) is 8.62. The van der Waals surface area contributed by atoms with E-state index >= 15 is 0 Å². The molecule has 0 heterocycles. The summed E-state index contributed by atoms with van der Waals surface area (Å²) < 4.78 is 61.7. The Morgan fingerprint density at radius 1 is 1.37 bits per heavy atom. The summed E-state index contributed by atoms with van der Waals surface area (Å²) in [4.78, 5) is 11.8. The van der Waals surface area contributed by atoms with Gasteiger partial charge >= 0.3 is 12.1 Å². The number of alkyl halides is 5. The van der Waals surface area contributed by atoms with E-state index < -0.39 is 36.2 Å². The first-order valence-electron chi connectivity index (χ1n) is 5.06. The van der Waals surface area contributed by atoms with Gasteiger partial charge in [0.15, 0.2) is 0 Å². The van der Waals surface area contributed by atoms with Crippen LogP contribution in [0.4, 0.5) is 27.6 Å². The Hall–Kier alpha value is -1.86. The molecule has 8 heteroatoms. The molecule has 0 saturated carbocycles. The highest BCUT2D eigenvalue weighted by Gasteiger charge is 2.32. The number of rotatable bonds is 4. The van der Waals surface area contributed by atoms with E-state index in [1.165, 1.54) is 7.05 Å². The average molecular weight is 283 g/mol. The Labute approximate surface area is 105 Å². The van der Waals surface area contributed by atoms with Crippen molar-refractivity contribution in [1.29, 1.82) is 0 Å². The normalized spacial score (nSPS) is 11.7. The summed E-state index contributed by atoms with van der Waals surface area (Å²) in [7, 11) is 1.18. The van der Waals surface area contributed by atoms with Gasteiger partial charge in [-0.3, -0.25) is 0 Å². The van der Waals surface area contributed by atoms with Crippen molar-refractivity contribution in [1.82, 2.24) is 0 Å². The molecule has 0 spiro atoms. The molecule has 3 nitrogen and oxygen atoms in total. The molecule has 1 N–H and O–H groups in total. The summed E-state index contributed by atoms with van der Waals surface area (Å²) in [5.74, 6) is -1.61. The summed E-state index contributed by atoms with van der Waals surface area (Å²) in [6.45, 7) is -0.772. The molecule has 19 heavy (non-hydrogen) atoms. The number of carboxylic acids is 1. The molecule has 0 bridgehead atoms. The van der Waals surface area contributed by atoms with Crippen molar-refractivity contribution in [2.75, 3.05) is 18.5 Å². The van der Waals surface area contributed by atoms with E-state index in [1.807, 2.05) is 0 Å². The number of halogens is 5. The van der Waals surface area contributed by atoms with E-state index in [9.17, 15) is 26.7 Å². The summed E-state index contributed by atoms with van der Waals surface area (Å²) in [6.07, 6.45) is -7.42. The molecule has 1 aromatic carbocycles. The second-order valence-electron chi connectivity index (χ2n) is 3.81. The number of carboxylic acid groups (broad SMARTS) is 1. The molecule has 0 unspecified atom stereocenters. The minimum absolute atomic E-state index is 0.194. The summed E-state index contributed by atoms with van der Waals surface area (Å²) in [6, 6.07) is 1.96. The first kappa shape index (κ1) is 15.2. The largest absolute Gasteiger partial charge is 0.478 e. The van der Waals surface area contributed by atoms with Crippen LogP contribution in [-0.2, 0) is 6.18 Å². The molecule has 0 saturated heterocycles. The van der Waals surface area contributed by atoms with Gasteiger partial charge in [-0.2, -0.15) is 13.2 Å². The molecule has 0 atom stereocenters. The number of carbonyl (C=O) groups is 1. The standard InChI is InChI=1S/C11H10F5NO2/c1-17(5-9(12)13)8-3-2-6(11(14,15)16)4-7(8)10(18)19/h2-4,9H,5H2,1H3,(H,18,19). The number of benzene rings is 1. The second-order valence-corrected chi connectivity index (χ2v) is 3.81. The quantitative estimate of drug-likeness (QED) is 0.863. The molecule has 0 aliphatic carbocycles. The molecule has 0 amide bonds. The fraction of sp³-hybridized carbons (Fsp3) is 0.364. The number of anilines is 1. The van der Waals surface area contributed by atoms with E-state index in [-0.39, 0.29) is 5.69 Å². The van der Waals surface area contributed by atoms with Crippen LogP contribution in [0.5, 0.6) is 0 Å². The fourth-order valence-corrected chi connectivity index (χ4v) is 1.52. The third kappa shape index (κ3) is 3.80. The second kappa shape index (κ2) is 5.41. The van der Waals surface area contributed by atoms with Crippen LogP contribution >= 0.6 is 0 Å². The van der Waals surface area contributed by atoms with Crippen molar-refractivity contribution in [3.05, 3.63) is 29.3 Å². The predicted octanol–water partition coefficient (Wildman–Crippen LogP) is 3.10. The Kier molecular flexibility index (Phi) is 4.33. The van der Waals surface area contributed by atoms with E-state index in [2.05, 4.69) is 0 Å². The Bertz CT molecular complexity index is 473. The third-order valence-electron chi connectivity index (χ3n) is 2.38. The summed E-state index contributed by atoms with van der Waals surface area (Å²) in [5.41, 5.74) is -2.00. The maximum Gasteiger partial charge on any atom is 0.416 e. The topological polar surface area (TPSA) is 40.5 Å². The van der Waals surface area contributed by atoms with Crippen LogP contribution in [0.15, 0.2) is 18.2 Å². The smallest absolute Gasteiger partial charge is 0.416 e. The number of hydrogen-bond acceptors (Lipinski definition) is 2. The number of aromatic carboxylic acids is 1. The van der Waals surface area contributed by atoms with Crippen LogP contribution in [0.25, 0.3) is 0 Å². The van der Waals surface area contributed by atoms with Crippen LogP contribution in [0.1, 0.15) is 15.9 Å². The minimum atomic E-state index is -4.69. The maximum atomic E-state index is 12.4. The van der Waals surface area contributed by atoms with Gasteiger partial charge in [-0.25, -0.2) is 13.6 Å². The van der Waals surface area contributed by atoms with Gasteiger partial charge in [0.2, 0.25) is 0 Å². The van der Waals surface area contributed by atoms with Crippen molar-refractivity contribution in [3.63, 3.8) is 0 Å². The van der Waals surface area contributed by atoms with Crippen molar-refractivity contribution >= 4 is 11.7 Å². The van der Waals surface area contributed by atoms with Crippen molar-refractivity contribution in [3.8, 4) is 0 Å². The van der Waals surface area contributed by atoms with E-state index in [1.54, 1.807) is 0 Å². The lowest BCUT2D eigenvalue weighted by atomic mass is 10.1. The Balaban J connectivity index is 3.23. The zero-order valence-electron chi connectivity index (χ0n) is 9.71. The number of hydrogen-bond donors (Lipinski definition) is 1. The highest BCUT2D eigenvalue weighted by atomic mass is 19.4. The lowest BCUT2D eigenvalue weighted by Gasteiger charge is -2.21. The Morgan fingerprint density at radius 3 is 2.37 bits per heavy atom. The highest BCUT2D eigenvalue weighted by Crippen LogP contribution is 2.32. The predicted molar refractivity (Wildman–Crippen MR) is 57.7 cm³/mol. The van der Waals surface area contributed by atoms with Gasteiger partial charge in [0.25, 0.3) is 6.43 Å². The van der Waals surface area contributed by atoms with Gasteiger partial charge in [-0.05, 0) is 18.2 Å². The molecule has 1 aromatic rings. The minimum Gasteiger partial charge on any atom is -0.478 e. The van der Waals surface area contributed by atoms with E-state index in [0.717, 1.165) is 11.0 Å². The zero-order valence-corrected chi connectivity index (χ0v) is 9.71. The molecule has 0 radical (unpaired) electrons. The molecule has 0 aliphatic rings. The van der Waals surface area contributed by atoms with E-state index in [4.69, 9.17) is 5.11 Å². The monoisotopic (exact) mass is 283 g/mol. The zero-order chi connectivity index (χ0) is 14.8. The average Bonchev–Trinajstić information content (AvgIpc) is 2.25. The van der Waals surface area contributed by atoms with Gasteiger partial charge in [0.1, 0.15) is 0 Å². The molecule has 0 aliphatic heterocycles. The molecule has 0 fully saturated rings. The van der Waals surface area contributed by atoms with Crippen LogP contribution in [0.2, 0.25) is 0 Å². The van der Waals surface area contributed by atoms with Gasteiger partial charge in [-0.1, -0.05) is 0 Å². The maximum absolute atomic E-state index is 12.4. The SMILES string of the molecule is CN(CC(F)F)c1ccc(C(F)(F)F)cc1C(=O)O.